The Morgan fingerprint density at radius 2 is 1.04 bits per heavy atom. The Morgan fingerprint density at radius 3 is 1.44 bits per heavy atom. The third-order valence-electron chi connectivity index (χ3n) is 5.77. The molecule has 27 heavy (non-hydrogen) atoms. The maximum Gasteiger partial charge on any atom is 0.245 e. The highest BCUT2D eigenvalue weighted by molar-refractivity contribution is 5.45. The van der Waals surface area contributed by atoms with Gasteiger partial charge in [-0.05, 0) is 11.1 Å². The van der Waals surface area contributed by atoms with Crippen LogP contribution < -0.4 is 0 Å². The lowest BCUT2D eigenvalue weighted by molar-refractivity contribution is -0.355. The SMILES string of the molecule is CC1(C)C(c2ccccc2)(c2ccccc2)N=N[C@@]1(OO)c1ccccc1. The minimum absolute atomic E-state index is 0.723. The van der Waals surface area contributed by atoms with Crippen LogP contribution in [-0.2, 0) is 16.2 Å². The van der Waals surface area contributed by atoms with Gasteiger partial charge in [-0.3, -0.25) is 0 Å². The van der Waals surface area contributed by atoms with E-state index < -0.39 is 16.7 Å². The third kappa shape index (κ3) is 2.30. The van der Waals surface area contributed by atoms with Gasteiger partial charge in [0, 0.05) is 5.56 Å². The standard InChI is InChI=1S/C23H22N2O2/c1-21(2)22(18-12-6-3-7-13-18,19-14-8-4-9-15-19)24-25-23(21,27-26)20-16-10-5-11-17-20/h3-17,26H,1-2H3/t23-/m1/s1. The summed E-state index contributed by atoms with van der Waals surface area (Å²) in [7, 11) is 0. The van der Waals surface area contributed by atoms with Crippen molar-refractivity contribution in [2.45, 2.75) is 25.1 Å². The average Bonchev–Trinajstić information content (AvgIpc) is 2.98. The minimum atomic E-state index is -1.32. The second kappa shape index (κ2) is 6.41. The van der Waals surface area contributed by atoms with E-state index in [1.807, 2.05) is 105 Å². The van der Waals surface area contributed by atoms with Crippen molar-refractivity contribution in [3.8, 4) is 0 Å². The van der Waals surface area contributed by atoms with E-state index in [9.17, 15) is 5.26 Å². The maximum absolute atomic E-state index is 10.1. The van der Waals surface area contributed by atoms with Crippen molar-refractivity contribution in [2.24, 2.45) is 15.6 Å². The zero-order valence-electron chi connectivity index (χ0n) is 15.4. The van der Waals surface area contributed by atoms with E-state index in [1.54, 1.807) is 0 Å². The summed E-state index contributed by atoms with van der Waals surface area (Å²) < 4.78 is 0. The van der Waals surface area contributed by atoms with Crippen LogP contribution in [0.5, 0.6) is 0 Å². The van der Waals surface area contributed by atoms with Crippen LogP contribution in [0.3, 0.4) is 0 Å². The zero-order valence-corrected chi connectivity index (χ0v) is 15.4. The number of azo groups is 1. The van der Waals surface area contributed by atoms with Crippen LogP contribution >= 0.6 is 0 Å². The van der Waals surface area contributed by atoms with Crippen LogP contribution in [0.2, 0.25) is 0 Å². The topological polar surface area (TPSA) is 54.2 Å². The quantitative estimate of drug-likeness (QED) is 0.476. The fourth-order valence-corrected chi connectivity index (χ4v) is 4.27. The van der Waals surface area contributed by atoms with Gasteiger partial charge >= 0.3 is 0 Å². The van der Waals surface area contributed by atoms with E-state index in [-0.39, 0.29) is 0 Å². The Labute approximate surface area is 159 Å². The van der Waals surface area contributed by atoms with Gasteiger partial charge in [-0.15, -0.1) is 5.11 Å². The normalized spacial score (nSPS) is 22.6. The third-order valence-corrected chi connectivity index (χ3v) is 5.77. The van der Waals surface area contributed by atoms with Crippen molar-refractivity contribution in [3.63, 3.8) is 0 Å². The summed E-state index contributed by atoms with van der Waals surface area (Å²) in [6, 6.07) is 29.7. The molecule has 3 aromatic carbocycles. The van der Waals surface area contributed by atoms with Crippen LogP contribution in [0, 0.1) is 5.41 Å². The summed E-state index contributed by atoms with van der Waals surface area (Å²) in [5.41, 5.74) is -0.0954. The molecular formula is C23H22N2O2. The van der Waals surface area contributed by atoms with Crippen molar-refractivity contribution in [3.05, 3.63) is 108 Å². The van der Waals surface area contributed by atoms with Crippen LogP contribution in [0.25, 0.3) is 0 Å². The molecule has 0 spiro atoms. The first-order chi connectivity index (χ1) is 13.1. The highest BCUT2D eigenvalue weighted by Crippen LogP contribution is 2.63. The molecule has 0 aromatic heterocycles. The molecule has 136 valence electrons. The molecule has 1 aliphatic heterocycles. The zero-order chi connectivity index (χ0) is 19.0. The van der Waals surface area contributed by atoms with Gasteiger partial charge < -0.3 is 0 Å². The summed E-state index contributed by atoms with van der Waals surface area (Å²) in [6.45, 7) is 4.08. The van der Waals surface area contributed by atoms with Gasteiger partial charge in [0.15, 0.2) is 0 Å². The number of benzene rings is 3. The molecule has 0 radical (unpaired) electrons. The summed E-state index contributed by atoms with van der Waals surface area (Å²) in [4.78, 5) is 5.14. The van der Waals surface area contributed by atoms with Crippen molar-refractivity contribution < 1.29 is 10.1 Å². The molecule has 4 rings (SSSR count). The van der Waals surface area contributed by atoms with Crippen molar-refractivity contribution in [1.29, 1.82) is 0 Å². The van der Waals surface area contributed by atoms with Gasteiger partial charge in [-0.2, -0.15) is 5.11 Å². The summed E-state index contributed by atoms with van der Waals surface area (Å²) in [6.07, 6.45) is 0. The van der Waals surface area contributed by atoms with Crippen LogP contribution in [0.1, 0.15) is 30.5 Å². The molecule has 0 saturated heterocycles. The number of hydrogen-bond donors (Lipinski definition) is 1. The van der Waals surface area contributed by atoms with Crippen LogP contribution in [-0.4, -0.2) is 5.26 Å². The number of nitrogens with zero attached hydrogens (tertiary/aromatic N) is 2. The Bertz CT molecular complexity index is 900. The van der Waals surface area contributed by atoms with Crippen molar-refractivity contribution >= 4 is 0 Å². The maximum atomic E-state index is 10.1. The molecule has 1 atom stereocenters. The molecule has 0 aliphatic carbocycles. The summed E-state index contributed by atoms with van der Waals surface area (Å²) in [5, 5.41) is 19.4. The monoisotopic (exact) mass is 358 g/mol. The summed E-state index contributed by atoms with van der Waals surface area (Å²) in [5.74, 6) is 0. The second-order valence-corrected chi connectivity index (χ2v) is 7.37. The molecule has 1 aliphatic rings. The molecule has 3 aromatic rings. The molecule has 1 heterocycles. The minimum Gasteiger partial charge on any atom is -0.249 e. The molecule has 1 N–H and O–H groups in total. The Morgan fingerprint density at radius 1 is 0.630 bits per heavy atom. The first-order valence-corrected chi connectivity index (χ1v) is 9.02. The smallest absolute Gasteiger partial charge is 0.245 e. The van der Waals surface area contributed by atoms with Crippen LogP contribution in [0.4, 0.5) is 0 Å². The fraction of sp³-hybridized carbons (Fsp3) is 0.217. The van der Waals surface area contributed by atoms with Crippen molar-refractivity contribution in [1.82, 2.24) is 0 Å². The number of hydrogen-bond acceptors (Lipinski definition) is 4. The second-order valence-electron chi connectivity index (χ2n) is 7.37. The lowest BCUT2D eigenvalue weighted by Gasteiger charge is -2.45. The highest BCUT2D eigenvalue weighted by atomic mass is 17.1. The van der Waals surface area contributed by atoms with E-state index in [4.69, 9.17) is 10.0 Å². The number of rotatable bonds is 4. The first kappa shape index (κ1) is 17.6. The van der Waals surface area contributed by atoms with Crippen molar-refractivity contribution in [2.75, 3.05) is 0 Å². The van der Waals surface area contributed by atoms with Gasteiger partial charge in [0.05, 0.1) is 5.41 Å². The van der Waals surface area contributed by atoms with Gasteiger partial charge in [0.25, 0.3) is 0 Å². The molecule has 4 nitrogen and oxygen atoms in total. The van der Waals surface area contributed by atoms with E-state index in [0.29, 0.717) is 0 Å². The van der Waals surface area contributed by atoms with Gasteiger partial charge in [-0.1, -0.05) is 105 Å². The molecular weight excluding hydrogens is 336 g/mol. The average molecular weight is 358 g/mol. The molecule has 0 fully saturated rings. The summed E-state index contributed by atoms with van der Waals surface area (Å²) >= 11 is 0. The van der Waals surface area contributed by atoms with Gasteiger partial charge in [0.1, 0.15) is 5.54 Å². The molecule has 4 heteroatoms. The van der Waals surface area contributed by atoms with Gasteiger partial charge in [0.2, 0.25) is 5.72 Å². The lowest BCUT2D eigenvalue weighted by Crippen LogP contribution is -2.51. The lowest BCUT2D eigenvalue weighted by atomic mass is 9.60. The Balaban J connectivity index is 2.01. The molecule has 0 saturated carbocycles. The largest absolute Gasteiger partial charge is 0.249 e. The Hall–Kier alpha value is -2.82. The van der Waals surface area contributed by atoms with E-state index >= 15 is 0 Å². The van der Waals surface area contributed by atoms with E-state index in [1.165, 1.54) is 0 Å². The molecule has 0 unspecified atom stereocenters. The molecule has 0 bridgehead atoms. The predicted octanol–water partition coefficient (Wildman–Crippen LogP) is 5.76. The van der Waals surface area contributed by atoms with Crippen LogP contribution in [0.15, 0.2) is 101 Å². The first-order valence-electron chi connectivity index (χ1n) is 9.02. The van der Waals surface area contributed by atoms with E-state index in [2.05, 4.69) is 5.11 Å². The highest BCUT2D eigenvalue weighted by Gasteiger charge is 2.67. The Kier molecular flexibility index (Phi) is 4.17. The predicted molar refractivity (Wildman–Crippen MR) is 104 cm³/mol. The van der Waals surface area contributed by atoms with Gasteiger partial charge in [-0.25, -0.2) is 10.1 Å². The fourth-order valence-electron chi connectivity index (χ4n) is 4.27. The van der Waals surface area contributed by atoms with E-state index in [0.717, 1.165) is 16.7 Å². The molecule has 0 amide bonds.